The molecule has 100 valence electrons. The summed E-state index contributed by atoms with van der Waals surface area (Å²) < 4.78 is 6.99. The number of ether oxygens (including phenoxy) is 1. The highest BCUT2D eigenvalue weighted by Gasteiger charge is 2.24. The Kier molecular flexibility index (Phi) is 3.70. The minimum atomic E-state index is -0.0731. The minimum Gasteiger partial charge on any atom is -0.467 e. The van der Waals surface area contributed by atoms with Crippen molar-refractivity contribution < 1.29 is 4.74 Å². The number of hydrogen-bond acceptors (Lipinski definition) is 2. The third-order valence-corrected chi connectivity index (χ3v) is 3.81. The van der Waals surface area contributed by atoms with E-state index in [0.717, 1.165) is 21.2 Å². The zero-order chi connectivity index (χ0) is 13.9. The summed E-state index contributed by atoms with van der Waals surface area (Å²) in [6, 6.07) is 18.1. The first-order valence-electron chi connectivity index (χ1n) is 6.45. The van der Waals surface area contributed by atoms with Crippen LogP contribution in [-0.2, 0) is 4.74 Å². The van der Waals surface area contributed by atoms with Crippen molar-refractivity contribution in [1.29, 1.82) is 0 Å². The van der Waals surface area contributed by atoms with Crippen LogP contribution in [0, 0.1) is 0 Å². The Balaban J connectivity index is 1.73. The fourth-order valence-electron chi connectivity index (χ4n) is 2.15. The number of rotatable bonds is 3. The number of nitrogens with zero attached hydrogens (tertiary/aromatic N) is 1. The van der Waals surface area contributed by atoms with E-state index in [4.69, 9.17) is 4.74 Å². The number of halogens is 1. The van der Waals surface area contributed by atoms with E-state index >= 15 is 0 Å². The molecule has 3 rings (SSSR count). The Morgan fingerprint density at radius 2 is 1.80 bits per heavy atom. The van der Waals surface area contributed by atoms with Gasteiger partial charge in [0.25, 0.3) is 0 Å². The first-order valence-corrected chi connectivity index (χ1v) is 7.24. The zero-order valence-corrected chi connectivity index (χ0v) is 12.5. The molecule has 3 heteroatoms. The van der Waals surface area contributed by atoms with Crippen molar-refractivity contribution in [2.75, 3.05) is 6.54 Å². The molecule has 1 aliphatic heterocycles. The average Bonchev–Trinajstić information content (AvgIpc) is 2.98. The van der Waals surface area contributed by atoms with Crippen LogP contribution in [0.15, 0.2) is 70.6 Å². The normalized spacial score (nSPS) is 17.4. The summed E-state index contributed by atoms with van der Waals surface area (Å²) in [5.74, 6) is 0.694. The molecule has 0 bridgehead atoms. The SMILES string of the molecule is C=C(c1ccccc1)C1CN=C(c2ccc(Br)cc2)O1. The molecule has 1 heterocycles. The van der Waals surface area contributed by atoms with Crippen LogP contribution in [0.2, 0.25) is 0 Å². The summed E-state index contributed by atoms with van der Waals surface area (Å²) in [6.45, 7) is 4.77. The van der Waals surface area contributed by atoms with Gasteiger partial charge in [0.15, 0.2) is 0 Å². The van der Waals surface area contributed by atoms with E-state index in [-0.39, 0.29) is 6.10 Å². The fourth-order valence-corrected chi connectivity index (χ4v) is 2.41. The first-order chi connectivity index (χ1) is 9.74. The fraction of sp³-hybridized carbons (Fsp3) is 0.118. The van der Waals surface area contributed by atoms with Gasteiger partial charge in [0.2, 0.25) is 5.90 Å². The van der Waals surface area contributed by atoms with Crippen LogP contribution in [0.1, 0.15) is 11.1 Å². The van der Waals surface area contributed by atoms with Gasteiger partial charge in [0, 0.05) is 10.0 Å². The maximum atomic E-state index is 5.94. The van der Waals surface area contributed by atoms with E-state index in [9.17, 15) is 0 Å². The zero-order valence-electron chi connectivity index (χ0n) is 10.9. The van der Waals surface area contributed by atoms with Crippen LogP contribution < -0.4 is 0 Å². The summed E-state index contributed by atoms with van der Waals surface area (Å²) >= 11 is 3.42. The molecular formula is C17H14BrNO. The van der Waals surface area contributed by atoms with Crippen LogP contribution in [0.4, 0.5) is 0 Å². The van der Waals surface area contributed by atoms with Gasteiger partial charge in [-0.1, -0.05) is 52.8 Å². The Morgan fingerprint density at radius 3 is 2.50 bits per heavy atom. The van der Waals surface area contributed by atoms with E-state index in [0.29, 0.717) is 12.4 Å². The van der Waals surface area contributed by atoms with Crippen molar-refractivity contribution in [3.05, 3.63) is 76.8 Å². The number of aliphatic imine (C=N–C) groups is 1. The molecule has 0 N–H and O–H groups in total. The topological polar surface area (TPSA) is 21.6 Å². The first kappa shape index (κ1) is 13.1. The predicted octanol–water partition coefficient (Wildman–Crippen LogP) is 4.31. The standard InChI is InChI=1S/C17H14BrNO/c1-12(13-5-3-2-4-6-13)16-11-19-17(20-16)14-7-9-15(18)10-8-14/h2-10,16H,1,11H2. The van der Waals surface area contributed by atoms with Crippen molar-refractivity contribution in [2.45, 2.75) is 6.10 Å². The summed E-state index contributed by atoms with van der Waals surface area (Å²) in [7, 11) is 0. The highest BCUT2D eigenvalue weighted by atomic mass is 79.9. The Labute approximate surface area is 126 Å². The molecule has 0 radical (unpaired) electrons. The van der Waals surface area contributed by atoms with Crippen LogP contribution in [0.5, 0.6) is 0 Å². The summed E-state index contributed by atoms with van der Waals surface area (Å²) in [5.41, 5.74) is 3.07. The van der Waals surface area contributed by atoms with Crippen molar-refractivity contribution in [2.24, 2.45) is 4.99 Å². The highest BCUT2D eigenvalue weighted by Crippen LogP contribution is 2.24. The van der Waals surface area contributed by atoms with Crippen LogP contribution in [-0.4, -0.2) is 18.5 Å². The summed E-state index contributed by atoms with van der Waals surface area (Å²) in [4.78, 5) is 4.48. The molecule has 0 fully saturated rings. The molecule has 0 spiro atoms. The second-order valence-corrected chi connectivity index (χ2v) is 5.57. The van der Waals surface area contributed by atoms with E-state index in [1.807, 2.05) is 54.6 Å². The minimum absolute atomic E-state index is 0.0731. The average molecular weight is 328 g/mol. The van der Waals surface area contributed by atoms with Crippen molar-refractivity contribution in [3.63, 3.8) is 0 Å². The Morgan fingerprint density at radius 1 is 1.10 bits per heavy atom. The van der Waals surface area contributed by atoms with Gasteiger partial charge in [-0.25, -0.2) is 4.99 Å². The molecule has 0 saturated heterocycles. The Bertz CT molecular complexity index is 646. The molecule has 1 atom stereocenters. The molecule has 1 aliphatic rings. The molecule has 0 amide bonds. The summed E-state index contributed by atoms with van der Waals surface area (Å²) in [5, 5.41) is 0. The van der Waals surface area contributed by atoms with E-state index in [1.165, 1.54) is 0 Å². The smallest absolute Gasteiger partial charge is 0.216 e. The second kappa shape index (κ2) is 5.63. The largest absolute Gasteiger partial charge is 0.467 e. The Hall–Kier alpha value is -1.87. The maximum absolute atomic E-state index is 5.94. The predicted molar refractivity (Wildman–Crippen MR) is 85.9 cm³/mol. The van der Waals surface area contributed by atoms with Crippen molar-refractivity contribution in [1.82, 2.24) is 0 Å². The second-order valence-electron chi connectivity index (χ2n) is 4.65. The van der Waals surface area contributed by atoms with Crippen LogP contribution in [0.3, 0.4) is 0 Å². The monoisotopic (exact) mass is 327 g/mol. The lowest BCUT2D eigenvalue weighted by Gasteiger charge is -2.14. The van der Waals surface area contributed by atoms with E-state index < -0.39 is 0 Å². The molecular weight excluding hydrogens is 314 g/mol. The van der Waals surface area contributed by atoms with Gasteiger partial charge in [-0.05, 0) is 35.4 Å². The van der Waals surface area contributed by atoms with Crippen LogP contribution in [0.25, 0.3) is 5.57 Å². The molecule has 0 aromatic heterocycles. The van der Waals surface area contributed by atoms with Crippen LogP contribution >= 0.6 is 15.9 Å². The lowest BCUT2D eigenvalue weighted by atomic mass is 10.0. The van der Waals surface area contributed by atoms with Gasteiger partial charge < -0.3 is 4.74 Å². The molecule has 1 unspecified atom stereocenters. The van der Waals surface area contributed by atoms with Gasteiger partial charge in [-0.2, -0.15) is 0 Å². The van der Waals surface area contributed by atoms with E-state index in [2.05, 4.69) is 27.5 Å². The summed E-state index contributed by atoms with van der Waals surface area (Å²) in [6.07, 6.45) is -0.0731. The van der Waals surface area contributed by atoms with Gasteiger partial charge in [0.05, 0.1) is 6.54 Å². The molecule has 2 aromatic rings. The lowest BCUT2D eigenvalue weighted by Crippen LogP contribution is -2.15. The van der Waals surface area contributed by atoms with Crippen molar-refractivity contribution >= 4 is 27.4 Å². The van der Waals surface area contributed by atoms with Gasteiger partial charge >= 0.3 is 0 Å². The third kappa shape index (κ3) is 2.68. The third-order valence-electron chi connectivity index (χ3n) is 3.28. The van der Waals surface area contributed by atoms with Crippen molar-refractivity contribution in [3.8, 4) is 0 Å². The van der Waals surface area contributed by atoms with Gasteiger partial charge in [0.1, 0.15) is 6.10 Å². The highest BCUT2D eigenvalue weighted by molar-refractivity contribution is 9.10. The van der Waals surface area contributed by atoms with E-state index in [1.54, 1.807) is 0 Å². The number of benzene rings is 2. The molecule has 20 heavy (non-hydrogen) atoms. The molecule has 2 aromatic carbocycles. The lowest BCUT2D eigenvalue weighted by molar-refractivity contribution is 0.284. The molecule has 0 aliphatic carbocycles. The maximum Gasteiger partial charge on any atom is 0.216 e. The van der Waals surface area contributed by atoms with Gasteiger partial charge in [-0.15, -0.1) is 0 Å². The quantitative estimate of drug-likeness (QED) is 0.823. The number of hydrogen-bond donors (Lipinski definition) is 0. The molecule has 2 nitrogen and oxygen atoms in total. The van der Waals surface area contributed by atoms with Gasteiger partial charge in [-0.3, -0.25) is 0 Å². The molecule has 0 saturated carbocycles.